The van der Waals surface area contributed by atoms with Crippen LogP contribution in [0.1, 0.15) is 33.6 Å². The van der Waals surface area contributed by atoms with E-state index in [2.05, 4.69) is 13.2 Å². The van der Waals surface area contributed by atoms with Crippen molar-refractivity contribution in [3.8, 4) is 5.75 Å². The first kappa shape index (κ1) is 26.9. The monoisotopic (exact) mass is 506 g/mol. The van der Waals surface area contributed by atoms with Crippen molar-refractivity contribution in [2.24, 2.45) is 0 Å². The van der Waals surface area contributed by atoms with Crippen LogP contribution >= 0.6 is 0 Å². The van der Waals surface area contributed by atoms with E-state index in [0.717, 1.165) is 12.2 Å². The van der Waals surface area contributed by atoms with E-state index >= 15 is 0 Å². The highest BCUT2D eigenvalue weighted by atomic mass is 16.6. The maximum absolute atomic E-state index is 13.0. The lowest BCUT2D eigenvalue weighted by molar-refractivity contribution is -0.138. The van der Waals surface area contributed by atoms with Crippen LogP contribution in [0.2, 0.25) is 0 Å². The third kappa shape index (κ3) is 6.94. The zero-order valence-electron chi connectivity index (χ0n) is 20.1. The normalized spacial score (nSPS) is 10.5. The Morgan fingerprint density at radius 2 is 1.19 bits per heavy atom. The van der Waals surface area contributed by atoms with Gasteiger partial charge in [-0.05, 0) is 29.0 Å². The Morgan fingerprint density at radius 1 is 0.676 bits per heavy atom. The molecule has 0 aliphatic rings. The summed E-state index contributed by atoms with van der Waals surface area (Å²) in [5, 5.41) is 12.3. The van der Waals surface area contributed by atoms with Gasteiger partial charge in [-0.25, -0.2) is 19.2 Å². The molecule has 3 aromatic rings. The van der Waals surface area contributed by atoms with Gasteiger partial charge in [0.05, 0.1) is 37.6 Å². The lowest BCUT2D eigenvalue weighted by Crippen LogP contribution is -2.12. The molecule has 0 amide bonds. The average Bonchev–Trinajstić information content (AvgIpc) is 2.90. The molecule has 3 aromatic carbocycles. The van der Waals surface area contributed by atoms with Gasteiger partial charge in [0.2, 0.25) is 0 Å². The van der Waals surface area contributed by atoms with E-state index in [1.807, 2.05) is 0 Å². The maximum Gasteiger partial charge on any atom is 0.338 e. The number of benzene rings is 3. The van der Waals surface area contributed by atoms with Crippen molar-refractivity contribution >= 4 is 45.4 Å². The number of carbonyl (C=O) groups is 4. The Labute approximate surface area is 212 Å². The molecule has 0 saturated heterocycles. The van der Waals surface area contributed by atoms with Crippen molar-refractivity contribution in [1.29, 1.82) is 0 Å². The average molecular weight is 507 g/mol. The van der Waals surface area contributed by atoms with Gasteiger partial charge in [-0.3, -0.25) is 0 Å². The van der Waals surface area contributed by atoms with Crippen LogP contribution in [0.5, 0.6) is 5.75 Å². The molecule has 0 spiro atoms. The summed E-state index contributed by atoms with van der Waals surface area (Å²) < 4.78 is 20.5. The second-order valence-corrected chi connectivity index (χ2v) is 7.78. The topological polar surface area (TPSA) is 125 Å². The molecule has 0 atom stereocenters. The van der Waals surface area contributed by atoms with Crippen LogP contribution in [-0.2, 0) is 28.5 Å². The number of esters is 4. The fourth-order valence-corrected chi connectivity index (χ4v) is 3.62. The number of phenols is 1. The smallest absolute Gasteiger partial charge is 0.338 e. The fourth-order valence-electron chi connectivity index (χ4n) is 3.62. The second kappa shape index (κ2) is 12.9. The van der Waals surface area contributed by atoms with E-state index in [0.29, 0.717) is 28.0 Å². The fraction of sp³-hybridized carbons (Fsp3) is 0.214. The highest BCUT2D eigenvalue weighted by Crippen LogP contribution is 2.34. The van der Waals surface area contributed by atoms with Gasteiger partial charge in [0.1, 0.15) is 5.75 Å². The van der Waals surface area contributed by atoms with Gasteiger partial charge in [0.25, 0.3) is 0 Å². The molecule has 3 rings (SSSR count). The molecule has 1 N–H and O–H groups in total. The standard InChI is InChI=1S/C28H26O9/c1-3-23(30)34-12-6-14-36-27(32)21-9-5-8-18-10-11-19-16-20(29)17-22(26(19)25(18)21)28(33)37-15-7-13-35-24(31)4-2/h3-5,8-11,16-17,29H,1-2,6-7,12-15H2. The predicted molar refractivity (Wildman–Crippen MR) is 135 cm³/mol. The van der Waals surface area contributed by atoms with Gasteiger partial charge in [-0.15, -0.1) is 0 Å². The van der Waals surface area contributed by atoms with Crippen LogP contribution in [0.4, 0.5) is 0 Å². The second-order valence-electron chi connectivity index (χ2n) is 7.78. The van der Waals surface area contributed by atoms with Crippen molar-refractivity contribution in [3.05, 3.63) is 78.9 Å². The minimum Gasteiger partial charge on any atom is -0.508 e. The number of hydrogen-bond acceptors (Lipinski definition) is 9. The molecule has 192 valence electrons. The molecular formula is C28H26O9. The van der Waals surface area contributed by atoms with Crippen molar-refractivity contribution < 1.29 is 43.2 Å². The molecular weight excluding hydrogens is 480 g/mol. The molecule has 0 aliphatic carbocycles. The van der Waals surface area contributed by atoms with E-state index in [1.165, 1.54) is 12.1 Å². The Bertz CT molecular complexity index is 1360. The minimum absolute atomic E-state index is 0.0104. The number of fused-ring (bicyclic) bond motifs is 3. The third-order valence-corrected chi connectivity index (χ3v) is 5.25. The lowest BCUT2D eigenvalue weighted by atomic mass is 9.94. The Morgan fingerprint density at radius 3 is 1.78 bits per heavy atom. The molecule has 0 heterocycles. The molecule has 9 heteroatoms. The van der Waals surface area contributed by atoms with Crippen LogP contribution in [-0.4, -0.2) is 55.4 Å². The summed E-state index contributed by atoms with van der Waals surface area (Å²) in [5.41, 5.74) is 0.294. The van der Waals surface area contributed by atoms with Crippen LogP contribution in [0, 0.1) is 0 Å². The van der Waals surface area contributed by atoms with Gasteiger partial charge in [-0.2, -0.15) is 0 Å². The summed E-state index contributed by atoms with van der Waals surface area (Å²) in [7, 11) is 0. The van der Waals surface area contributed by atoms with E-state index in [4.69, 9.17) is 18.9 Å². The molecule has 0 unspecified atom stereocenters. The molecule has 0 fully saturated rings. The van der Waals surface area contributed by atoms with E-state index in [9.17, 15) is 24.3 Å². The third-order valence-electron chi connectivity index (χ3n) is 5.25. The summed E-state index contributed by atoms with van der Waals surface area (Å²) in [4.78, 5) is 48.2. The molecule has 0 bridgehead atoms. The number of hydrogen-bond donors (Lipinski definition) is 1. The summed E-state index contributed by atoms with van der Waals surface area (Å²) in [6, 6.07) is 11.3. The van der Waals surface area contributed by atoms with Crippen molar-refractivity contribution in [3.63, 3.8) is 0 Å². The summed E-state index contributed by atoms with van der Waals surface area (Å²) in [6.45, 7) is 6.71. The number of carbonyl (C=O) groups excluding carboxylic acids is 4. The first-order valence-electron chi connectivity index (χ1n) is 11.5. The van der Waals surface area contributed by atoms with Crippen molar-refractivity contribution in [2.45, 2.75) is 12.8 Å². The number of aromatic hydroxyl groups is 1. The Balaban J connectivity index is 1.86. The zero-order chi connectivity index (χ0) is 26.8. The zero-order valence-corrected chi connectivity index (χ0v) is 20.1. The minimum atomic E-state index is -0.712. The first-order valence-corrected chi connectivity index (χ1v) is 11.5. The number of phenolic OH excluding ortho intramolecular Hbond substituents is 1. The summed E-state index contributed by atoms with van der Waals surface area (Å²) >= 11 is 0. The lowest BCUT2D eigenvalue weighted by Gasteiger charge is -2.14. The van der Waals surface area contributed by atoms with Gasteiger partial charge < -0.3 is 24.1 Å². The molecule has 0 saturated carbocycles. The largest absolute Gasteiger partial charge is 0.508 e. The highest BCUT2D eigenvalue weighted by Gasteiger charge is 2.20. The van der Waals surface area contributed by atoms with Crippen LogP contribution in [0.15, 0.2) is 67.8 Å². The quantitative estimate of drug-likeness (QED) is 0.126. The van der Waals surface area contributed by atoms with E-state index in [-0.39, 0.29) is 49.7 Å². The molecule has 9 nitrogen and oxygen atoms in total. The van der Waals surface area contributed by atoms with Crippen LogP contribution < -0.4 is 0 Å². The SMILES string of the molecule is C=CC(=O)OCCCOC(=O)c1cccc2ccc3cc(O)cc(C(=O)OCCCOC(=O)C=C)c3c12. The number of ether oxygens (including phenoxy) is 4. The summed E-state index contributed by atoms with van der Waals surface area (Å²) in [5.74, 6) is -2.62. The molecule has 0 radical (unpaired) electrons. The molecule has 0 aliphatic heterocycles. The predicted octanol–water partition coefficient (Wildman–Crippen LogP) is 4.25. The van der Waals surface area contributed by atoms with Gasteiger partial charge in [0.15, 0.2) is 0 Å². The highest BCUT2D eigenvalue weighted by molar-refractivity contribution is 6.22. The first-order chi connectivity index (χ1) is 17.8. The van der Waals surface area contributed by atoms with Crippen LogP contribution in [0.3, 0.4) is 0 Å². The summed E-state index contributed by atoms with van der Waals surface area (Å²) in [6.07, 6.45) is 2.65. The van der Waals surface area contributed by atoms with E-state index in [1.54, 1.807) is 30.3 Å². The van der Waals surface area contributed by atoms with E-state index < -0.39 is 23.9 Å². The molecule has 37 heavy (non-hydrogen) atoms. The van der Waals surface area contributed by atoms with Gasteiger partial charge >= 0.3 is 23.9 Å². The maximum atomic E-state index is 13.0. The van der Waals surface area contributed by atoms with Crippen molar-refractivity contribution in [2.75, 3.05) is 26.4 Å². The van der Waals surface area contributed by atoms with Crippen LogP contribution in [0.25, 0.3) is 21.5 Å². The van der Waals surface area contributed by atoms with Crippen molar-refractivity contribution in [1.82, 2.24) is 0 Å². The molecule has 0 aromatic heterocycles. The van der Waals surface area contributed by atoms with Gasteiger partial charge in [-0.1, -0.05) is 37.4 Å². The number of rotatable bonds is 12. The van der Waals surface area contributed by atoms with Gasteiger partial charge in [0, 0.05) is 35.8 Å². The Kier molecular flexibility index (Phi) is 9.37. The Hall–Kier alpha value is -4.66.